The molecule has 0 aliphatic heterocycles. The minimum atomic E-state index is -0.357. The molecule has 26 heavy (non-hydrogen) atoms. The third kappa shape index (κ3) is 2.99. The smallest absolute Gasteiger partial charge is 0.338 e. The molecule has 136 valence electrons. The second-order valence-corrected chi connectivity index (χ2v) is 6.82. The van der Waals surface area contributed by atoms with Gasteiger partial charge in [-0.3, -0.25) is 4.79 Å². The van der Waals surface area contributed by atoms with Crippen molar-refractivity contribution in [3.63, 3.8) is 0 Å². The van der Waals surface area contributed by atoms with Gasteiger partial charge in [0, 0.05) is 54.4 Å². The van der Waals surface area contributed by atoms with E-state index in [-0.39, 0.29) is 11.5 Å². The second-order valence-electron chi connectivity index (χ2n) is 5.95. The molecule has 0 radical (unpaired) electrons. The molecule has 0 aliphatic carbocycles. The van der Waals surface area contributed by atoms with Crippen LogP contribution in [-0.2, 0) is 17.5 Å². The zero-order valence-electron chi connectivity index (χ0n) is 15.2. The van der Waals surface area contributed by atoms with Crippen LogP contribution in [0.1, 0.15) is 15.9 Å². The van der Waals surface area contributed by atoms with Crippen LogP contribution < -0.4 is 10.9 Å². The first kappa shape index (κ1) is 18.1. The fourth-order valence-corrected chi connectivity index (χ4v) is 3.68. The second kappa shape index (κ2) is 7.29. The Labute approximate surface area is 155 Å². The molecule has 0 saturated carbocycles. The first-order valence-electron chi connectivity index (χ1n) is 8.10. The number of pyridine rings is 1. The van der Waals surface area contributed by atoms with E-state index in [4.69, 9.17) is 4.74 Å². The van der Waals surface area contributed by atoms with E-state index in [1.807, 2.05) is 37.7 Å². The normalized spacial score (nSPS) is 10.9. The number of nitrogens with one attached hydrogen (secondary N) is 2. The third-order valence-electron chi connectivity index (χ3n) is 4.40. The molecule has 2 heterocycles. The third-order valence-corrected chi connectivity index (χ3v) is 5.00. The standard InChI is InChI=1S/C19H21N3O3S/c1-20-16-8-13(19(24)25-3)11(10-26-4)7-14(16)15-9-22(2)18(23)17-12(15)5-6-21-17/h5-9,20-21H,10H2,1-4H3. The molecule has 7 heteroatoms. The van der Waals surface area contributed by atoms with E-state index in [1.165, 1.54) is 7.11 Å². The van der Waals surface area contributed by atoms with Crippen LogP contribution in [0, 0.1) is 0 Å². The Hall–Kier alpha value is -2.67. The Morgan fingerprint density at radius 1 is 1.35 bits per heavy atom. The Morgan fingerprint density at radius 3 is 2.77 bits per heavy atom. The number of nitrogens with zero attached hydrogens (tertiary/aromatic N) is 1. The number of aromatic amines is 1. The summed E-state index contributed by atoms with van der Waals surface area (Å²) in [6.45, 7) is 0. The van der Waals surface area contributed by atoms with Crippen molar-refractivity contribution in [3.8, 4) is 11.1 Å². The van der Waals surface area contributed by atoms with Crippen LogP contribution >= 0.6 is 11.8 Å². The predicted octanol–water partition coefficient (Wildman–Crippen LogP) is 3.22. The number of esters is 1. The lowest BCUT2D eigenvalue weighted by atomic mass is 9.96. The van der Waals surface area contributed by atoms with Crippen LogP contribution in [-0.4, -0.2) is 35.9 Å². The Bertz CT molecular complexity index is 1040. The van der Waals surface area contributed by atoms with E-state index in [0.29, 0.717) is 16.8 Å². The maximum atomic E-state index is 12.3. The van der Waals surface area contributed by atoms with Gasteiger partial charge in [-0.25, -0.2) is 4.79 Å². The van der Waals surface area contributed by atoms with Gasteiger partial charge in [-0.1, -0.05) is 0 Å². The molecule has 2 aromatic heterocycles. The van der Waals surface area contributed by atoms with Crippen molar-refractivity contribution in [3.05, 3.63) is 52.1 Å². The Kier molecular flexibility index (Phi) is 5.08. The van der Waals surface area contributed by atoms with Crippen molar-refractivity contribution >= 4 is 34.3 Å². The van der Waals surface area contributed by atoms with E-state index in [1.54, 1.807) is 29.6 Å². The number of carbonyl (C=O) groups is 1. The summed E-state index contributed by atoms with van der Waals surface area (Å²) in [5.74, 6) is 0.327. The number of methoxy groups -OCH3 is 1. The van der Waals surface area contributed by atoms with Gasteiger partial charge in [-0.05, 0) is 30.0 Å². The molecule has 0 saturated heterocycles. The van der Waals surface area contributed by atoms with Gasteiger partial charge >= 0.3 is 5.97 Å². The van der Waals surface area contributed by atoms with Crippen molar-refractivity contribution in [1.82, 2.24) is 9.55 Å². The quantitative estimate of drug-likeness (QED) is 0.674. The topological polar surface area (TPSA) is 76.1 Å². The highest BCUT2D eigenvalue weighted by Crippen LogP contribution is 2.35. The fraction of sp³-hybridized carbons (Fsp3) is 0.263. The average molecular weight is 371 g/mol. The van der Waals surface area contributed by atoms with Crippen LogP contribution in [0.15, 0.2) is 35.4 Å². The minimum Gasteiger partial charge on any atom is -0.465 e. The molecule has 6 nitrogen and oxygen atoms in total. The number of fused-ring (bicyclic) bond motifs is 1. The van der Waals surface area contributed by atoms with Crippen LogP contribution in [0.25, 0.3) is 22.0 Å². The zero-order valence-corrected chi connectivity index (χ0v) is 16.0. The van der Waals surface area contributed by atoms with E-state index in [9.17, 15) is 9.59 Å². The predicted molar refractivity (Wildman–Crippen MR) is 107 cm³/mol. The molecule has 0 aliphatic rings. The molecule has 1 aromatic carbocycles. The first-order chi connectivity index (χ1) is 12.5. The van der Waals surface area contributed by atoms with Gasteiger partial charge in [-0.2, -0.15) is 11.8 Å². The Balaban J connectivity index is 2.33. The van der Waals surface area contributed by atoms with Crippen LogP contribution in [0.4, 0.5) is 5.69 Å². The summed E-state index contributed by atoms with van der Waals surface area (Å²) in [6, 6.07) is 5.71. The number of rotatable bonds is 5. The Morgan fingerprint density at radius 2 is 2.12 bits per heavy atom. The molecule has 0 spiro atoms. The van der Waals surface area contributed by atoms with Gasteiger partial charge in [0.25, 0.3) is 5.56 Å². The summed E-state index contributed by atoms with van der Waals surface area (Å²) >= 11 is 1.64. The monoisotopic (exact) mass is 371 g/mol. The van der Waals surface area contributed by atoms with Crippen molar-refractivity contribution in [2.45, 2.75) is 5.75 Å². The fourth-order valence-electron chi connectivity index (χ4n) is 3.13. The van der Waals surface area contributed by atoms with Crippen molar-refractivity contribution in [2.24, 2.45) is 7.05 Å². The van der Waals surface area contributed by atoms with Crippen molar-refractivity contribution < 1.29 is 9.53 Å². The zero-order chi connectivity index (χ0) is 18.8. The summed E-state index contributed by atoms with van der Waals surface area (Å²) in [4.78, 5) is 27.5. The molecule has 3 rings (SSSR count). The number of aromatic nitrogens is 2. The number of ether oxygens (including phenoxy) is 1. The number of hydrogen-bond acceptors (Lipinski definition) is 5. The number of anilines is 1. The van der Waals surface area contributed by atoms with Gasteiger partial charge in [0.05, 0.1) is 12.7 Å². The van der Waals surface area contributed by atoms with Gasteiger partial charge in [0.15, 0.2) is 0 Å². The number of carbonyl (C=O) groups excluding carboxylic acids is 1. The number of benzene rings is 1. The van der Waals surface area contributed by atoms with Crippen LogP contribution in [0.3, 0.4) is 0 Å². The summed E-state index contributed by atoms with van der Waals surface area (Å²) < 4.78 is 6.50. The summed E-state index contributed by atoms with van der Waals surface area (Å²) in [7, 11) is 4.93. The SMILES string of the molecule is CNc1cc(C(=O)OC)c(CSC)cc1-c1cn(C)c(=O)c2[nH]ccc12. The van der Waals surface area contributed by atoms with Crippen LogP contribution in [0.2, 0.25) is 0 Å². The molecule has 0 unspecified atom stereocenters. The van der Waals surface area contributed by atoms with Gasteiger partial charge in [-0.15, -0.1) is 0 Å². The number of aryl methyl sites for hydroxylation is 1. The van der Waals surface area contributed by atoms with Gasteiger partial charge < -0.3 is 19.6 Å². The summed E-state index contributed by atoms with van der Waals surface area (Å²) in [5.41, 5.74) is 4.60. The summed E-state index contributed by atoms with van der Waals surface area (Å²) in [5, 5.41) is 4.01. The summed E-state index contributed by atoms with van der Waals surface area (Å²) in [6.07, 6.45) is 5.58. The van der Waals surface area contributed by atoms with E-state index in [0.717, 1.165) is 27.8 Å². The van der Waals surface area contributed by atoms with Gasteiger partial charge in [0.1, 0.15) is 5.52 Å². The molecule has 3 aromatic rings. The van der Waals surface area contributed by atoms with E-state index >= 15 is 0 Å². The number of thioether (sulfide) groups is 1. The molecular weight excluding hydrogens is 350 g/mol. The van der Waals surface area contributed by atoms with Crippen molar-refractivity contribution in [2.75, 3.05) is 25.7 Å². The highest BCUT2D eigenvalue weighted by Gasteiger charge is 2.19. The molecule has 0 fully saturated rings. The molecule has 0 bridgehead atoms. The lowest BCUT2D eigenvalue weighted by Crippen LogP contribution is -2.16. The lowest BCUT2D eigenvalue weighted by Gasteiger charge is -2.16. The maximum Gasteiger partial charge on any atom is 0.338 e. The average Bonchev–Trinajstić information content (AvgIpc) is 3.14. The first-order valence-corrected chi connectivity index (χ1v) is 9.50. The minimum absolute atomic E-state index is 0.0738. The van der Waals surface area contributed by atoms with Crippen molar-refractivity contribution in [1.29, 1.82) is 0 Å². The lowest BCUT2D eigenvalue weighted by molar-refractivity contribution is 0.0600. The highest BCUT2D eigenvalue weighted by atomic mass is 32.2. The number of H-pyrrole nitrogens is 1. The molecular formula is C19H21N3O3S. The molecule has 2 N–H and O–H groups in total. The van der Waals surface area contributed by atoms with Gasteiger partial charge in [0.2, 0.25) is 0 Å². The molecule has 0 amide bonds. The largest absolute Gasteiger partial charge is 0.465 e. The van der Waals surface area contributed by atoms with Crippen LogP contribution in [0.5, 0.6) is 0 Å². The maximum absolute atomic E-state index is 12.3. The highest BCUT2D eigenvalue weighted by molar-refractivity contribution is 7.97. The van der Waals surface area contributed by atoms with E-state index in [2.05, 4.69) is 10.3 Å². The number of hydrogen-bond donors (Lipinski definition) is 2. The van der Waals surface area contributed by atoms with E-state index < -0.39 is 0 Å². The molecule has 0 atom stereocenters.